The molecule has 0 fully saturated rings. The van der Waals surface area contributed by atoms with Crippen molar-refractivity contribution < 1.29 is 0 Å². The van der Waals surface area contributed by atoms with Gasteiger partial charge in [0.25, 0.3) is 0 Å². The van der Waals surface area contributed by atoms with Gasteiger partial charge in [0, 0.05) is 26.2 Å². The Labute approximate surface area is 91.7 Å². The fourth-order valence-electron chi connectivity index (χ4n) is 1.25. The van der Waals surface area contributed by atoms with Gasteiger partial charge in [-0.25, -0.2) is 9.97 Å². The number of anilines is 2. The van der Waals surface area contributed by atoms with Gasteiger partial charge in [-0.05, 0) is 20.3 Å². The predicted octanol–water partition coefficient (Wildman–Crippen LogP) is 2.06. The first-order valence-electron chi connectivity index (χ1n) is 5.48. The normalized spacial score (nSPS) is 10.1. The van der Waals surface area contributed by atoms with E-state index in [1.54, 1.807) is 0 Å². The van der Waals surface area contributed by atoms with Crippen LogP contribution in [-0.2, 0) is 0 Å². The minimum absolute atomic E-state index is 0.811. The van der Waals surface area contributed by atoms with Crippen LogP contribution < -0.4 is 10.2 Å². The van der Waals surface area contributed by atoms with E-state index in [-0.39, 0.29) is 0 Å². The lowest BCUT2D eigenvalue weighted by atomic mass is 10.4. The highest BCUT2D eigenvalue weighted by molar-refractivity contribution is 5.48. The first kappa shape index (κ1) is 11.8. The molecule has 15 heavy (non-hydrogen) atoms. The number of hydrogen-bond donors (Lipinski definition) is 1. The summed E-state index contributed by atoms with van der Waals surface area (Å²) >= 11 is 0. The third-order valence-corrected chi connectivity index (χ3v) is 2.25. The Hall–Kier alpha value is -1.32. The molecular weight excluding hydrogens is 188 g/mol. The predicted molar refractivity (Wildman–Crippen MR) is 64.5 cm³/mol. The molecule has 0 bridgehead atoms. The van der Waals surface area contributed by atoms with Gasteiger partial charge in [-0.2, -0.15) is 0 Å². The molecule has 0 radical (unpaired) electrons. The number of nitrogens with one attached hydrogen (secondary N) is 1. The number of rotatable bonds is 5. The van der Waals surface area contributed by atoms with Crippen molar-refractivity contribution in [3.63, 3.8) is 0 Å². The fourth-order valence-corrected chi connectivity index (χ4v) is 1.25. The SMILES string of the molecule is CCCNc1cc(N(C)CC)nc(C)n1. The molecule has 4 heteroatoms. The number of aromatic nitrogens is 2. The maximum atomic E-state index is 4.39. The molecule has 0 amide bonds. The minimum Gasteiger partial charge on any atom is -0.370 e. The second-order valence-corrected chi connectivity index (χ2v) is 3.60. The van der Waals surface area contributed by atoms with Gasteiger partial charge >= 0.3 is 0 Å². The summed E-state index contributed by atoms with van der Waals surface area (Å²) in [6.07, 6.45) is 1.10. The van der Waals surface area contributed by atoms with Gasteiger partial charge in [-0.1, -0.05) is 6.92 Å². The quantitative estimate of drug-likeness (QED) is 0.804. The molecule has 84 valence electrons. The molecule has 1 N–H and O–H groups in total. The summed E-state index contributed by atoms with van der Waals surface area (Å²) in [6, 6.07) is 1.99. The van der Waals surface area contributed by atoms with Gasteiger partial charge in [0.1, 0.15) is 17.5 Å². The van der Waals surface area contributed by atoms with Crippen LogP contribution in [-0.4, -0.2) is 30.1 Å². The Morgan fingerprint density at radius 1 is 1.33 bits per heavy atom. The molecule has 0 aliphatic rings. The topological polar surface area (TPSA) is 41.0 Å². The number of nitrogens with zero attached hydrogens (tertiary/aromatic N) is 3. The summed E-state index contributed by atoms with van der Waals surface area (Å²) in [7, 11) is 2.03. The molecule has 4 nitrogen and oxygen atoms in total. The maximum Gasteiger partial charge on any atom is 0.134 e. The highest BCUT2D eigenvalue weighted by atomic mass is 15.2. The van der Waals surface area contributed by atoms with E-state index in [1.807, 2.05) is 20.0 Å². The van der Waals surface area contributed by atoms with Crippen LogP contribution in [0, 0.1) is 6.92 Å². The van der Waals surface area contributed by atoms with Gasteiger partial charge in [-0.15, -0.1) is 0 Å². The summed E-state index contributed by atoms with van der Waals surface area (Å²) in [5.74, 6) is 2.70. The highest BCUT2D eigenvalue weighted by Crippen LogP contribution is 2.14. The zero-order chi connectivity index (χ0) is 11.3. The van der Waals surface area contributed by atoms with Crippen molar-refractivity contribution in [3.05, 3.63) is 11.9 Å². The fraction of sp³-hybridized carbons (Fsp3) is 0.636. The lowest BCUT2D eigenvalue weighted by molar-refractivity contribution is 0.904. The van der Waals surface area contributed by atoms with Crippen LogP contribution in [0.3, 0.4) is 0 Å². The van der Waals surface area contributed by atoms with Gasteiger partial charge in [0.05, 0.1) is 0 Å². The molecule has 0 atom stereocenters. The van der Waals surface area contributed by atoms with Crippen LogP contribution in [0.15, 0.2) is 6.07 Å². The summed E-state index contributed by atoms with van der Waals surface area (Å²) in [5.41, 5.74) is 0. The molecule has 0 spiro atoms. The summed E-state index contributed by atoms with van der Waals surface area (Å²) in [4.78, 5) is 10.8. The smallest absolute Gasteiger partial charge is 0.134 e. The van der Waals surface area contributed by atoms with Crippen LogP contribution in [0.5, 0.6) is 0 Å². The average molecular weight is 208 g/mol. The zero-order valence-electron chi connectivity index (χ0n) is 10.0. The molecular formula is C11H20N4. The standard InChI is InChI=1S/C11H20N4/c1-5-7-12-10-8-11(15(4)6-2)14-9(3)13-10/h8H,5-7H2,1-4H3,(H,12,13,14). The van der Waals surface area contributed by atoms with Gasteiger partial charge < -0.3 is 10.2 Å². The molecule has 1 aromatic rings. The molecule has 0 aliphatic carbocycles. The zero-order valence-corrected chi connectivity index (χ0v) is 10.0. The Morgan fingerprint density at radius 2 is 2.07 bits per heavy atom. The first-order chi connectivity index (χ1) is 7.17. The first-order valence-corrected chi connectivity index (χ1v) is 5.48. The largest absolute Gasteiger partial charge is 0.370 e. The third-order valence-electron chi connectivity index (χ3n) is 2.25. The average Bonchev–Trinajstić information content (AvgIpc) is 2.24. The molecule has 0 unspecified atom stereocenters. The Balaban J connectivity index is 2.84. The van der Waals surface area contributed by atoms with E-state index in [2.05, 4.69) is 34.0 Å². The van der Waals surface area contributed by atoms with Crippen LogP contribution >= 0.6 is 0 Å². The third kappa shape index (κ3) is 3.38. The number of hydrogen-bond acceptors (Lipinski definition) is 4. The van der Waals surface area contributed by atoms with Gasteiger partial charge in [0.2, 0.25) is 0 Å². The lowest BCUT2D eigenvalue weighted by Gasteiger charge is -2.17. The van der Waals surface area contributed by atoms with Crippen LogP contribution in [0.25, 0.3) is 0 Å². The molecule has 0 aromatic carbocycles. The van der Waals surface area contributed by atoms with Gasteiger partial charge in [-0.3, -0.25) is 0 Å². The van der Waals surface area contributed by atoms with E-state index >= 15 is 0 Å². The van der Waals surface area contributed by atoms with Crippen molar-refractivity contribution in [1.82, 2.24) is 9.97 Å². The lowest BCUT2D eigenvalue weighted by Crippen LogP contribution is -2.18. The molecule has 0 aliphatic heterocycles. The molecule has 1 rings (SSSR count). The molecule has 1 aromatic heterocycles. The minimum atomic E-state index is 0.811. The second kappa shape index (κ2) is 5.53. The van der Waals surface area contributed by atoms with Crippen molar-refractivity contribution in [2.45, 2.75) is 27.2 Å². The van der Waals surface area contributed by atoms with Crippen LogP contribution in [0.4, 0.5) is 11.6 Å². The number of aryl methyl sites for hydroxylation is 1. The van der Waals surface area contributed by atoms with E-state index in [9.17, 15) is 0 Å². The Kier molecular flexibility index (Phi) is 4.34. The second-order valence-electron chi connectivity index (χ2n) is 3.60. The summed E-state index contributed by atoms with van der Waals surface area (Å²) in [6.45, 7) is 8.07. The monoisotopic (exact) mass is 208 g/mol. The van der Waals surface area contributed by atoms with Crippen LogP contribution in [0.2, 0.25) is 0 Å². The van der Waals surface area contributed by atoms with E-state index in [1.165, 1.54) is 0 Å². The molecule has 1 heterocycles. The molecule has 0 saturated carbocycles. The molecule has 0 saturated heterocycles. The van der Waals surface area contributed by atoms with Crippen LogP contribution in [0.1, 0.15) is 26.1 Å². The van der Waals surface area contributed by atoms with E-state index in [0.29, 0.717) is 0 Å². The van der Waals surface area contributed by atoms with E-state index in [4.69, 9.17) is 0 Å². The Morgan fingerprint density at radius 3 is 2.67 bits per heavy atom. The van der Waals surface area contributed by atoms with Crippen molar-refractivity contribution in [3.8, 4) is 0 Å². The summed E-state index contributed by atoms with van der Waals surface area (Å²) < 4.78 is 0. The Bertz CT molecular complexity index is 311. The van der Waals surface area contributed by atoms with Crippen molar-refractivity contribution in [1.29, 1.82) is 0 Å². The van der Waals surface area contributed by atoms with Crippen molar-refractivity contribution in [2.24, 2.45) is 0 Å². The van der Waals surface area contributed by atoms with E-state index < -0.39 is 0 Å². The van der Waals surface area contributed by atoms with Crippen molar-refractivity contribution >= 4 is 11.6 Å². The summed E-state index contributed by atoms with van der Waals surface area (Å²) in [5, 5.41) is 3.28. The maximum absolute atomic E-state index is 4.39. The highest BCUT2D eigenvalue weighted by Gasteiger charge is 2.04. The van der Waals surface area contributed by atoms with Crippen molar-refractivity contribution in [2.75, 3.05) is 30.4 Å². The van der Waals surface area contributed by atoms with Gasteiger partial charge in [0.15, 0.2) is 0 Å². The van der Waals surface area contributed by atoms with E-state index in [0.717, 1.165) is 37.0 Å².